The van der Waals surface area contributed by atoms with E-state index in [1.54, 1.807) is 6.20 Å². The van der Waals surface area contributed by atoms with Crippen LogP contribution in [-0.2, 0) is 4.79 Å². The zero-order chi connectivity index (χ0) is 16.7. The van der Waals surface area contributed by atoms with E-state index in [1.165, 1.54) is 12.4 Å². The second-order valence-electron chi connectivity index (χ2n) is 7.07. The van der Waals surface area contributed by atoms with Gasteiger partial charge in [-0.25, -0.2) is 4.98 Å². The van der Waals surface area contributed by atoms with E-state index in [4.69, 9.17) is 0 Å². The van der Waals surface area contributed by atoms with Crippen molar-refractivity contribution in [1.82, 2.24) is 19.8 Å². The minimum atomic E-state index is -0.170. The molecule has 1 aromatic heterocycles. The van der Waals surface area contributed by atoms with E-state index >= 15 is 0 Å². The van der Waals surface area contributed by atoms with Crippen molar-refractivity contribution in [3.05, 3.63) is 24.3 Å². The van der Waals surface area contributed by atoms with Crippen LogP contribution in [0.1, 0.15) is 36.2 Å². The number of aliphatic hydroxyl groups is 1. The minimum absolute atomic E-state index is 0.0349. The fraction of sp³-hybridized carbons (Fsp3) is 0.647. The van der Waals surface area contributed by atoms with Gasteiger partial charge >= 0.3 is 0 Å². The first-order valence-corrected chi connectivity index (χ1v) is 8.66. The molecular formula is C17H22N4O3. The number of likely N-dealkylation sites (tertiary alicyclic amines) is 1. The zero-order valence-corrected chi connectivity index (χ0v) is 13.5. The van der Waals surface area contributed by atoms with Crippen molar-refractivity contribution in [3.63, 3.8) is 0 Å². The van der Waals surface area contributed by atoms with E-state index in [0.29, 0.717) is 25.2 Å². The molecule has 3 fully saturated rings. The molecule has 0 saturated carbocycles. The Morgan fingerprint density at radius 1 is 1.29 bits per heavy atom. The number of amides is 2. The molecule has 0 spiro atoms. The average Bonchev–Trinajstić information content (AvgIpc) is 2.63. The molecule has 4 heterocycles. The van der Waals surface area contributed by atoms with E-state index in [0.717, 1.165) is 19.3 Å². The van der Waals surface area contributed by atoms with E-state index in [-0.39, 0.29) is 42.3 Å². The van der Waals surface area contributed by atoms with Crippen LogP contribution in [0.4, 0.5) is 0 Å². The molecule has 0 aliphatic carbocycles. The fourth-order valence-corrected chi connectivity index (χ4v) is 4.75. The third-order valence-corrected chi connectivity index (χ3v) is 5.75. The van der Waals surface area contributed by atoms with Gasteiger partial charge in [-0.05, 0) is 31.1 Å². The minimum Gasteiger partial charge on any atom is -0.394 e. The van der Waals surface area contributed by atoms with Crippen LogP contribution in [0.15, 0.2) is 18.6 Å². The molecule has 2 bridgehead atoms. The van der Waals surface area contributed by atoms with Gasteiger partial charge in [0.1, 0.15) is 5.69 Å². The van der Waals surface area contributed by atoms with Gasteiger partial charge in [0.25, 0.3) is 5.91 Å². The van der Waals surface area contributed by atoms with Crippen molar-refractivity contribution in [1.29, 1.82) is 0 Å². The van der Waals surface area contributed by atoms with Crippen LogP contribution in [0, 0.1) is 11.8 Å². The summed E-state index contributed by atoms with van der Waals surface area (Å²) in [6, 6.07) is -0.0198. The number of hydrogen-bond acceptors (Lipinski definition) is 5. The lowest BCUT2D eigenvalue weighted by Crippen LogP contribution is -2.66. The Bertz CT molecular complexity index is 624. The van der Waals surface area contributed by atoms with Gasteiger partial charge in [0.15, 0.2) is 0 Å². The monoisotopic (exact) mass is 330 g/mol. The van der Waals surface area contributed by atoms with Crippen molar-refractivity contribution in [3.8, 4) is 0 Å². The predicted octanol–water partition coefficient (Wildman–Crippen LogP) is 0.310. The Labute approximate surface area is 140 Å². The molecule has 1 aromatic rings. The lowest BCUT2D eigenvalue weighted by atomic mass is 9.72. The molecule has 3 aliphatic heterocycles. The highest BCUT2D eigenvalue weighted by atomic mass is 16.3. The normalized spacial score (nSPS) is 32.5. The number of nitrogens with zero attached hydrogens (tertiary/aromatic N) is 4. The third kappa shape index (κ3) is 2.47. The van der Waals surface area contributed by atoms with Crippen molar-refractivity contribution in [2.24, 2.45) is 11.8 Å². The van der Waals surface area contributed by atoms with Gasteiger partial charge in [-0.1, -0.05) is 0 Å². The van der Waals surface area contributed by atoms with Gasteiger partial charge in [0.2, 0.25) is 5.91 Å². The molecule has 1 N–H and O–H groups in total. The number of fused-ring (bicyclic) bond motifs is 4. The summed E-state index contributed by atoms with van der Waals surface area (Å²) in [4.78, 5) is 37.0. The van der Waals surface area contributed by atoms with Crippen LogP contribution in [0.25, 0.3) is 0 Å². The summed E-state index contributed by atoms with van der Waals surface area (Å²) in [5, 5.41) is 9.88. The molecular weight excluding hydrogens is 308 g/mol. The van der Waals surface area contributed by atoms with Gasteiger partial charge < -0.3 is 14.9 Å². The number of aromatic nitrogens is 2. The Balaban J connectivity index is 1.59. The van der Waals surface area contributed by atoms with Crippen molar-refractivity contribution in [2.75, 3.05) is 19.7 Å². The maximum Gasteiger partial charge on any atom is 0.274 e. The molecule has 4 rings (SSSR count). The zero-order valence-electron chi connectivity index (χ0n) is 13.5. The summed E-state index contributed by atoms with van der Waals surface area (Å²) in [5.41, 5.74) is 0.356. The molecule has 7 heteroatoms. The molecule has 7 nitrogen and oxygen atoms in total. The Kier molecular flexibility index (Phi) is 3.96. The number of carbonyl (C=O) groups is 2. The van der Waals surface area contributed by atoms with E-state index in [9.17, 15) is 14.7 Å². The van der Waals surface area contributed by atoms with E-state index < -0.39 is 0 Å². The van der Waals surface area contributed by atoms with Crippen molar-refractivity contribution >= 4 is 11.8 Å². The van der Waals surface area contributed by atoms with Gasteiger partial charge in [0, 0.05) is 37.9 Å². The second kappa shape index (κ2) is 6.12. The Morgan fingerprint density at radius 2 is 2.12 bits per heavy atom. The summed E-state index contributed by atoms with van der Waals surface area (Å²) >= 11 is 0. The summed E-state index contributed by atoms with van der Waals surface area (Å²) in [6.45, 7) is 1.18. The highest BCUT2D eigenvalue weighted by Gasteiger charge is 2.49. The predicted molar refractivity (Wildman–Crippen MR) is 84.9 cm³/mol. The van der Waals surface area contributed by atoms with Crippen LogP contribution >= 0.6 is 0 Å². The first-order valence-electron chi connectivity index (χ1n) is 8.66. The van der Waals surface area contributed by atoms with Crippen molar-refractivity contribution in [2.45, 2.75) is 37.8 Å². The highest BCUT2D eigenvalue weighted by molar-refractivity contribution is 5.92. The summed E-state index contributed by atoms with van der Waals surface area (Å²) in [7, 11) is 0. The Hall–Kier alpha value is -2.02. The van der Waals surface area contributed by atoms with Crippen LogP contribution in [0.2, 0.25) is 0 Å². The highest BCUT2D eigenvalue weighted by Crippen LogP contribution is 2.41. The van der Waals surface area contributed by atoms with Gasteiger partial charge in [0.05, 0.1) is 18.8 Å². The van der Waals surface area contributed by atoms with E-state index in [1.807, 2.05) is 9.80 Å². The maximum absolute atomic E-state index is 12.7. The fourth-order valence-electron chi connectivity index (χ4n) is 4.75. The largest absolute Gasteiger partial charge is 0.394 e. The molecule has 0 radical (unpaired) electrons. The number of piperidine rings is 3. The van der Waals surface area contributed by atoms with Crippen molar-refractivity contribution < 1.29 is 14.7 Å². The number of aliphatic hydroxyl groups excluding tert-OH is 1. The number of hydrogen-bond donors (Lipinski definition) is 1. The van der Waals surface area contributed by atoms with Crippen LogP contribution in [-0.4, -0.2) is 68.5 Å². The first kappa shape index (κ1) is 15.5. The molecule has 24 heavy (non-hydrogen) atoms. The van der Waals surface area contributed by atoms with Crippen LogP contribution < -0.4 is 0 Å². The summed E-state index contributed by atoms with van der Waals surface area (Å²) in [6.07, 6.45) is 7.99. The standard InChI is InChI=1S/C17H22N4O3/c22-10-15-12-6-11(14-2-1-3-16(23)21(14)15)8-20(9-12)17(24)13-7-18-4-5-19-13/h4-5,7,11-12,14-15,22H,1-3,6,8-10H2/t11-,12+,14+,15+/m1/s1. The molecule has 128 valence electrons. The second-order valence-corrected chi connectivity index (χ2v) is 7.07. The lowest BCUT2D eigenvalue weighted by molar-refractivity contribution is -0.154. The van der Waals surface area contributed by atoms with Gasteiger partial charge in [-0.3, -0.25) is 14.6 Å². The molecule has 2 amide bonds. The maximum atomic E-state index is 12.7. The number of carbonyl (C=O) groups excluding carboxylic acids is 2. The molecule has 3 aliphatic rings. The smallest absolute Gasteiger partial charge is 0.274 e. The number of rotatable bonds is 2. The SMILES string of the molecule is O=C(c1cnccn1)N1C[C@H]2C[C@@H](C1)[C@H](CO)N1C(=O)CCC[C@@H]21. The van der Waals surface area contributed by atoms with Crippen LogP contribution in [0.3, 0.4) is 0 Å². The quantitative estimate of drug-likeness (QED) is 0.843. The molecule has 4 atom stereocenters. The summed E-state index contributed by atoms with van der Waals surface area (Å²) < 4.78 is 0. The topological polar surface area (TPSA) is 86.6 Å². The summed E-state index contributed by atoms with van der Waals surface area (Å²) in [5.74, 6) is 0.475. The molecule has 0 unspecified atom stereocenters. The lowest BCUT2D eigenvalue weighted by Gasteiger charge is -2.56. The first-order chi connectivity index (χ1) is 11.7. The molecule has 0 aromatic carbocycles. The third-order valence-electron chi connectivity index (χ3n) is 5.75. The Morgan fingerprint density at radius 3 is 2.88 bits per heavy atom. The molecule has 3 saturated heterocycles. The van der Waals surface area contributed by atoms with Gasteiger partial charge in [-0.15, -0.1) is 0 Å². The van der Waals surface area contributed by atoms with E-state index in [2.05, 4.69) is 9.97 Å². The van der Waals surface area contributed by atoms with Crippen LogP contribution in [0.5, 0.6) is 0 Å². The van der Waals surface area contributed by atoms with Gasteiger partial charge in [-0.2, -0.15) is 0 Å². The average molecular weight is 330 g/mol.